The topological polar surface area (TPSA) is 27.6 Å². The minimum Gasteiger partial charge on any atom is -0.362 e. The van der Waals surface area contributed by atoms with Gasteiger partial charge in [-0.15, -0.1) is 0 Å². The lowest BCUT2D eigenvalue weighted by Crippen LogP contribution is -2.48. The third kappa shape index (κ3) is 3.62. The predicted molar refractivity (Wildman–Crippen MR) is 76.8 cm³/mol. The average Bonchev–Trinajstić information content (AvgIpc) is 2.71. The second-order valence-corrected chi connectivity index (χ2v) is 6.74. The molecule has 0 spiro atoms. The van der Waals surface area contributed by atoms with Gasteiger partial charge in [-0.05, 0) is 32.4 Å². The summed E-state index contributed by atoms with van der Waals surface area (Å²) in [5.41, 5.74) is 0. The fraction of sp³-hybridized carbons (Fsp3) is 0.923. The maximum atomic E-state index is 4.64. The summed E-state index contributed by atoms with van der Waals surface area (Å²) in [5.74, 6) is 0.724. The van der Waals surface area contributed by atoms with E-state index in [1.165, 1.54) is 37.5 Å². The Kier molecular flexibility index (Phi) is 4.74. The molecule has 4 heteroatoms. The quantitative estimate of drug-likeness (QED) is 0.838. The van der Waals surface area contributed by atoms with Crippen LogP contribution in [0.15, 0.2) is 4.99 Å². The second-order valence-electron chi connectivity index (χ2n) is 5.45. The van der Waals surface area contributed by atoms with Crippen LogP contribution in [0.3, 0.4) is 0 Å². The summed E-state index contributed by atoms with van der Waals surface area (Å²) in [6, 6.07) is 0.623. The molecule has 0 radical (unpaired) electrons. The molecule has 2 aliphatic heterocycles. The summed E-state index contributed by atoms with van der Waals surface area (Å²) >= 11 is 1.96. The van der Waals surface area contributed by atoms with Crippen molar-refractivity contribution in [3.8, 4) is 0 Å². The van der Waals surface area contributed by atoms with Crippen LogP contribution in [-0.2, 0) is 0 Å². The van der Waals surface area contributed by atoms with Gasteiger partial charge in [-0.1, -0.05) is 32.0 Å². The molecule has 0 amide bonds. The SMILES string of the molecule is CCCC1CN=C(NC2CCN(C)CC2C)S1. The van der Waals surface area contributed by atoms with E-state index < -0.39 is 0 Å². The number of amidine groups is 1. The third-order valence-electron chi connectivity index (χ3n) is 3.74. The van der Waals surface area contributed by atoms with Crippen molar-refractivity contribution in [1.29, 1.82) is 0 Å². The van der Waals surface area contributed by atoms with Crippen LogP contribution in [-0.4, -0.2) is 48.0 Å². The zero-order valence-corrected chi connectivity index (χ0v) is 12.1. The summed E-state index contributed by atoms with van der Waals surface area (Å²) in [5, 5.41) is 5.59. The summed E-state index contributed by atoms with van der Waals surface area (Å²) < 4.78 is 0. The van der Waals surface area contributed by atoms with E-state index in [1.54, 1.807) is 0 Å². The maximum absolute atomic E-state index is 4.64. The Balaban J connectivity index is 1.78. The molecule has 2 heterocycles. The summed E-state index contributed by atoms with van der Waals surface area (Å²) in [6.07, 6.45) is 3.81. The highest BCUT2D eigenvalue weighted by Crippen LogP contribution is 2.25. The molecule has 98 valence electrons. The van der Waals surface area contributed by atoms with Crippen molar-refractivity contribution < 1.29 is 0 Å². The third-order valence-corrected chi connectivity index (χ3v) is 4.93. The van der Waals surface area contributed by atoms with Gasteiger partial charge in [-0.25, -0.2) is 0 Å². The zero-order chi connectivity index (χ0) is 12.3. The van der Waals surface area contributed by atoms with Crippen molar-refractivity contribution in [1.82, 2.24) is 10.2 Å². The Labute approximate surface area is 109 Å². The molecule has 3 atom stereocenters. The predicted octanol–water partition coefficient (Wildman–Crippen LogP) is 2.19. The van der Waals surface area contributed by atoms with Crippen LogP contribution in [0.1, 0.15) is 33.1 Å². The Bertz CT molecular complexity index is 280. The Morgan fingerprint density at radius 1 is 1.53 bits per heavy atom. The van der Waals surface area contributed by atoms with Crippen LogP contribution in [0.4, 0.5) is 0 Å². The van der Waals surface area contributed by atoms with Gasteiger partial charge < -0.3 is 10.2 Å². The molecule has 2 aliphatic rings. The number of likely N-dealkylation sites (tertiary alicyclic amines) is 1. The highest BCUT2D eigenvalue weighted by Gasteiger charge is 2.27. The number of nitrogens with one attached hydrogen (secondary N) is 1. The Hall–Kier alpha value is -0.220. The van der Waals surface area contributed by atoms with Crippen molar-refractivity contribution in [3.05, 3.63) is 0 Å². The molecule has 0 aromatic rings. The minimum absolute atomic E-state index is 0.623. The van der Waals surface area contributed by atoms with E-state index in [1.807, 2.05) is 11.8 Å². The van der Waals surface area contributed by atoms with E-state index in [9.17, 15) is 0 Å². The maximum Gasteiger partial charge on any atom is 0.157 e. The minimum atomic E-state index is 0.623. The molecule has 0 aliphatic carbocycles. The van der Waals surface area contributed by atoms with Gasteiger partial charge in [0, 0.05) is 17.8 Å². The zero-order valence-electron chi connectivity index (χ0n) is 11.3. The van der Waals surface area contributed by atoms with Gasteiger partial charge in [0.2, 0.25) is 0 Å². The Morgan fingerprint density at radius 3 is 3.06 bits per heavy atom. The fourth-order valence-corrected chi connectivity index (χ4v) is 3.88. The van der Waals surface area contributed by atoms with Crippen molar-refractivity contribution in [2.24, 2.45) is 10.9 Å². The molecule has 17 heavy (non-hydrogen) atoms. The normalized spacial score (nSPS) is 34.8. The lowest BCUT2D eigenvalue weighted by Gasteiger charge is -2.35. The average molecular weight is 255 g/mol. The standard InChI is InChI=1S/C13H25N3S/c1-4-5-11-8-14-13(17-11)15-12-6-7-16(3)9-10(12)2/h10-12H,4-9H2,1-3H3,(H,14,15). The first-order valence-corrected chi connectivity index (χ1v) is 7.73. The van der Waals surface area contributed by atoms with Gasteiger partial charge in [0.25, 0.3) is 0 Å². The fourth-order valence-electron chi connectivity index (χ4n) is 2.70. The Morgan fingerprint density at radius 2 is 2.35 bits per heavy atom. The molecule has 1 saturated heterocycles. The molecule has 1 N–H and O–H groups in total. The van der Waals surface area contributed by atoms with Crippen molar-refractivity contribution in [2.45, 2.75) is 44.4 Å². The van der Waals surface area contributed by atoms with Crippen LogP contribution < -0.4 is 5.32 Å². The van der Waals surface area contributed by atoms with E-state index in [4.69, 9.17) is 0 Å². The van der Waals surface area contributed by atoms with Crippen LogP contribution in [0.5, 0.6) is 0 Å². The molecule has 3 unspecified atom stereocenters. The first-order valence-electron chi connectivity index (χ1n) is 6.85. The number of hydrogen-bond donors (Lipinski definition) is 1. The summed E-state index contributed by atoms with van der Waals surface area (Å²) in [7, 11) is 2.21. The molecule has 0 saturated carbocycles. The lowest BCUT2D eigenvalue weighted by atomic mass is 9.94. The molecular formula is C13H25N3S. The molecular weight excluding hydrogens is 230 g/mol. The summed E-state index contributed by atoms with van der Waals surface area (Å²) in [6.45, 7) is 8.02. The molecule has 3 nitrogen and oxygen atoms in total. The van der Waals surface area contributed by atoms with Gasteiger partial charge in [0.15, 0.2) is 5.17 Å². The summed E-state index contributed by atoms with van der Waals surface area (Å²) in [4.78, 5) is 7.06. The lowest BCUT2D eigenvalue weighted by molar-refractivity contribution is 0.187. The van der Waals surface area contributed by atoms with E-state index in [-0.39, 0.29) is 0 Å². The number of piperidine rings is 1. The van der Waals surface area contributed by atoms with Gasteiger partial charge in [0.1, 0.15) is 0 Å². The van der Waals surface area contributed by atoms with Gasteiger partial charge in [-0.2, -0.15) is 0 Å². The van der Waals surface area contributed by atoms with Crippen molar-refractivity contribution >= 4 is 16.9 Å². The van der Waals surface area contributed by atoms with Crippen LogP contribution in [0, 0.1) is 5.92 Å². The highest BCUT2D eigenvalue weighted by molar-refractivity contribution is 8.14. The largest absolute Gasteiger partial charge is 0.362 e. The molecule has 0 aromatic heterocycles. The number of hydrogen-bond acceptors (Lipinski definition) is 4. The molecule has 0 bridgehead atoms. The number of nitrogens with zero attached hydrogens (tertiary/aromatic N) is 2. The molecule has 2 rings (SSSR count). The van der Waals surface area contributed by atoms with Crippen LogP contribution >= 0.6 is 11.8 Å². The smallest absolute Gasteiger partial charge is 0.157 e. The van der Waals surface area contributed by atoms with E-state index >= 15 is 0 Å². The van der Waals surface area contributed by atoms with E-state index in [2.05, 4.69) is 36.1 Å². The first kappa shape index (κ1) is 13.2. The van der Waals surface area contributed by atoms with Gasteiger partial charge >= 0.3 is 0 Å². The number of thioether (sulfide) groups is 1. The van der Waals surface area contributed by atoms with Crippen molar-refractivity contribution in [3.63, 3.8) is 0 Å². The number of rotatable bonds is 3. The van der Waals surface area contributed by atoms with Gasteiger partial charge in [-0.3, -0.25) is 4.99 Å². The van der Waals surface area contributed by atoms with E-state index in [0.29, 0.717) is 6.04 Å². The van der Waals surface area contributed by atoms with Gasteiger partial charge in [0.05, 0.1) is 6.54 Å². The van der Waals surface area contributed by atoms with Crippen LogP contribution in [0.2, 0.25) is 0 Å². The molecule has 1 fully saturated rings. The van der Waals surface area contributed by atoms with Crippen molar-refractivity contribution in [2.75, 3.05) is 26.7 Å². The van der Waals surface area contributed by atoms with Crippen LogP contribution in [0.25, 0.3) is 0 Å². The number of aliphatic imine (C=N–C) groups is 1. The first-order chi connectivity index (χ1) is 8.19. The highest BCUT2D eigenvalue weighted by atomic mass is 32.2. The second kappa shape index (κ2) is 6.10. The monoisotopic (exact) mass is 255 g/mol. The molecule has 0 aromatic carbocycles. The van der Waals surface area contributed by atoms with E-state index in [0.717, 1.165) is 17.7 Å².